The Morgan fingerprint density at radius 1 is 1.52 bits per heavy atom. The van der Waals surface area contributed by atoms with Gasteiger partial charge < -0.3 is 20.1 Å². The van der Waals surface area contributed by atoms with E-state index < -0.39 is 11.7 Å². The van der Waals surface area contributed by atoms with Gasteiger partial charge in [-0.2, -0.15) is 0 Å². The van der Waals surface area contributed by atoms with Crippen LogP contribution in [0.3, 0.4) is 0 Å². The topological polar surface area (TPSA) is 61.8 Å². The van der Waals surface area contributed by atoms with E-state index in [0.29, 0.717) is 18.7 Å². The highest BCUT2D eigenvalue weighted by atomic mass is 19.1. The zero-order valence-corrected chi connectivity index (χ0v) is 12.3. The number of carbonyl (C=O) groups is 1. The molecule has 2 rings (SSSR count). The van der Waals surface area contributed by atoms with E-state index in [-0.39, 0.29) is 18.3 Å². The maximum Gasteiger partial charge on any atom is 0.250 e. The Morgan fingerprint density at radius 3 is 2.81 bits per heavy atom. The highest BCUT2D eigenvalue weighted by Crippen LogP contribution is 2.20. The van der Waals surface area contributed by atoms with Crippen LogP contribution in [0.25, 0.3) is 0 Å². The fourth-order valence-electron chi connectivity index (χ4n) is 2.22. The fraction of sp³-hybridized carbons (Fsp3) is 0.533. The molecule has 1 heterocycles. The van der Waals surface area contributed by atoms with Gasteiger partial charge in [0.1, 0.15) is 17.5 Å². The van der Waals surface area contributed by atoms with Gasteiger partial charge in [-0.25, -0.2) is 4.39 Å². The lowest BCUT2D eigenvalue weighted by atomic mass is 9.96. The van der Waals surface area contributed by atoms with E-state index in [1.165, 1.54) is 24.3 Å². The normalized spacial score (nSPS) is 22.6. The monoisotopic (exact) mass is 296 g/mol. The molecule has 2 atom stereocenters. The highest BCUT2D eigenvalue weighted by molar-refractivity contribution is 5.81. The van der Waals surface area contributed by atoms with E-state index in [2.05, 4.69) is 5.32 Å². The number of nitrogens with one attached hydrogen (secondary N) is 1. The molecular formula is C15H21FN2O3. The van der Waals surface area contributed by atoms with Gasteiger partial charge in [0.15, 0.2) is 0 Å². The van der Waals surface area contributed by atoms with Gasteiger partial charge in [-0.3, -0.25) is 4.79 Å². The number of likely N-dealkylation sites (N-methyl/N-ethyl adjacent to an activating group) is 1. The van der Waals surface area contributed by atoms with Gasteiger partial charge in [-0.15, -0.1) is 0 Å². The third-order valence-electron chi connectivity index (χ3n) is 3.63. The second-order valence-corrected chi connectivity index (χ2v) is 5.62. The van der Waals surface area contributed by atoms with Crippen molar-refractivity contribution >= 4 is 5.91 Å². The lowest BCUT2D eigenvalue weighted by Gasteiger charge is -2.30. The van der Waals surface area contributed by atoms with Crippen LogP contribution in [0.4, 0.5) is 4.39 Å². The number of aliphatic hydroxyl groups is 1. The van der Waals surface area contributed by atoms with Gasteiger partial charge in [0, 0.05) is 13.1 Å². The van der Waals surface area contributed by atoms with Crippen molar-refractivity contribution in [2.75, 3.05) is 33.3 Å². The zero-order valence-electron chi connectivity index (χ0n) is 12.3. The van der Waals surface area contributed by atoms with Gasteiger partial charge in [0.05, 0.1) is 13.2 Å². The van der Waals surface area contributed by atoms with Gasteiger partial charge >= 0.3 is 0 Å². The second kappa shape index (κ2) is 6.51. The van der Waals surface area contributed by atoms with Crippen molar-refractivity contribution in [3.05, 3.63) is 35.6 Å². The highest BCUT2D eigenvalue weighted by Gasteiger charge is 2.28. The van der Waals surface area contributed by atoms with E-state index in [1.807, 2.05) is 11.9 Å². The summed E-state index contributed by atoms with van der Waals surface area (Å²) < 4.78 is 18.3. The second-order valence-electron chi connectivity index (χ2n) is 5.62. The summed E-state index contributed by atoms with van der Waals surface area (Å²) in [5, 5.41) is 13.1. The third kappa shape index (κ3) is 4.23. The minimum atomic E-state index is -1.26. The van der Waals surface area contributed by atoms with Crippen molar-refractivity contribution < 1.29 is 19.0 Å². The summed E-state index contributed by atoms with van der Waals surface area (Å²) >= 11 is 0. The minimum absolute atomic E-state index is 0.0427. The van der Waals surface area contributed by atoms with Crippen LogP contribution in [0.5, 0.6) is 0 Å². The number of nitrogens with zero attached hydrogens (tertiary/aromatic N) is 1. The summed E-state index contributed by atoms with van der Waals surface area (Å²) in [6.45, 7) is 3.47. The molecule has 0 spiro atoms. The van der Waals surface area contributed by atoms with Crippen molar-refractivity contribution in [2.45, 2.75) is 18.6 Å². The molecule has 1 fully saturated rings. The first kappa shape index (κ1) is 15.9. The number of hydrogen-bond donors (Lipinski definition) is 2. The van der Waals surface area contributed by atoms with Gasteiger partial charge in [0.2, 0.25) is 0 Å². The number of hydrogen-bond acceptors (Lipinski definition) is 4. The Hall–Kier alpha value is -1.50. The van der Waals surface area contributed by atoms with Crippen LogP contribution in [0.2, 0.25) is 0 Å². The largest absolute Gasteiger partial charge is 0.384 e. The summed E-state index contributed by atoms with van der Waals surface area (Å²) in [6.07, 6.45) is -0.521. The Balaban J connectivity index is 1.91. The summed E-state index contributed by atoms with van der Waals surface area (Å²) in [7, 11) is 1.93. The smallest absolute Gasteiger partial charge is 0.250 e. The number of carbonyl (C=O) groups excluding carboxylic acids is 1. The molecule has 116 valence electrons. The van der Waals surface area contributed by atoms with Crippen LogP contribution < -0.4 is 5.32 Å². The lowest BCUT2D eigenvalue weighted by Crippen LogP contribution is -2.50. The molecule has 21 heavy (non-hydrogen) atoms. The minimum Gasteiger partial charge on any atom is -0.384 e. The molecule has 0 radical (unpaired) electrons. The molecule has 0 aliphatic carbocycles. The standard InChI is InChI=1S/C15H21FN2O3/c1-15(20,11-3-5-12(16)6-4-11)10-17-14(19)13-9-18(2)7-8-21-13/h3-6,13,20H,7-10H2,1-2H3,(H,17,19). The van der Waals surface area contributed by atoms with Crippen LogP contribution >= 0.6 is 0 Å². The summed E-state index contributed by atoms with van der Waals surface area (Å²) in [5.74, 6) is -0.610. The molecule has 2 N–H and O–H groups in total. The number of halogens is 1. The molecule has 1 aromatic carbocycles. The number of ether oxygens (including phenoxy) is 1. The van der Waals surface area contributed by atoms with E-state index in [4.69, 9.17) is 4.74 Å². The van der Waals surface area contributed by atoms with Crippen molar-refractivity contribution in [1.29, 1.82) is 0 Å². The molecule has 2 unspecified atom stereocenters. The predicted octanol–water partition coefficient (Wildman–Crippen LogP) is 0.480. The molecular weight excluding hydrogens is 275 g/mol. The van der Waals surface area contributed by atoms with Crippen LogP contribution in [0, 0.1) is 5.82 Å². The number of rotatable bonds is 4. The lowest BCUT2D eigenvalue weighted by molar-refractivity contribution is -0.139. The van der Waals surface area contributed by atoms with Crippen LogP contribution in [0.15, 0.2) is 24.3 Å². The van der Waals surface area contributed by atoms with Gasteiger partial charge in [-0.05, 0) is 31.7 Å². The summed E-state index contributed by atoms with van der Waals surface area (Å²) in [4.78, 5) is 14.1. The molecule has 0 bridgehead atoms. The fourth-order valence-corrected chi connectivity index (χ4v) is 2.22. The first-order chi connectivity index (χ1) is 9.88. The Morgan fingerprint density at radius 2 is 2.19 bits per heavy atom. The van der Waals surface area contributed by atoms with Gasteiger partial charge in [0.25, 0.3) is 5.91 Å². The molecule has 1 aliphatic rings. The Labute approximate surface area is 123 Å². The van der Waals surface area contributed by atoms with Crippen molar-refractivity contribution in [3.63, 3.8) is 0 Å². The number of morpholine rings is 1. The molecule has 6 heteroatoms. The quantitative estimate of drug-likeness (QED) is 0.848. The van der Waals surface area contributed by atoms with Gasteiger partial charge in [-0.1, -0.05) is 12.1 Å². The zero-order chi connectivity index (χ0) is 15.5. The van der Waals surface area contributed by atoms with Crippen LogP contribution in [-0.2, 0) is 15.1 Å². The summed E-state index contributed by atoms with van der Waals surface area (Å²) in [5.41, 5.74) is -0.713. The van der Waals surface area contributed by atoms with Crippen molar-refractivity contribution in [1.82, 2.24) is 10.2 Å². The predicted molar refractivity (Wildman–Crippen MR) is 76.2 cm³/mol. The van der Waals surface area contributed by atoms with Crippen molar-refractivity contribution in [2.24, 2.45) is 0 Å². The molecule has 1 saturated heterocycles. The molecule has 5 nitrogen and oxygen atoms in total. The first-order valence-electron chi connectivity index (χ1n) is 6.95. The van der Waals surface area contributed by atoms with Crippen molar-refractivity contribution in [3.8, 4) is 0 Å². The Bertz CT molecular complexity index is 490. The Kier molecular flexibility index (Phi) is 4.92. The average molecular weight is 296 g/mol. The number of benzene rings is 1. The average Bonchev–Trinajstić information content (AvgIpc) is 2.45. The molecule has 0 aromatic heterocycles. The summed E-state index contributed by atoms with van der Waals surface area (Å²) in [6, 6.07) is 5.58. The number of amides is 1. The third-order valence-corrected chi connectivity index (χ3v) is 3.63. The maximum absolute atomic E-state index is 12.9. The van der Waals surface area contributed by atoms with E-state index in [1.54, 1.807) is 6.92 Å². The molecule has 0 saturated carbocycles. The first-order valence-corrected chi connectivity index (χ1v) is 6.95. The van der Waals surface area contributed by atoms with Crippen LogP contribution in [-0.4, -0.2) is 55.3 Å². The van der Waals surface area contributed by atoms with E-state index in [9.17, 15) is 14.3 Å². The molecule has 1 aromatic rings. The van der Waals surface area contributed by atoms with E-state index in [0.717, 1.165) is 6.54 Å². The maximum atomic E-state index is 12.9. The van der Waals surface area contributed by atoms with E-state index >= 15 is 0 Å². The molecule has 1 amide bonds. The van der Waals surface area contributed by atoms with Crippen LogP contribution in [0.1, 0.15) is 12.5 Å². The molecule has 1 aliphatic heterocycles. The SMILES string of the molecule is CN1CCOC(C(=O)NCC(C)(O)c2ccc(F)cc2)C1.